The molecule has 94 valence electrons. The molecule has 1 atom stereocenters. The van der Waals surface area contributed by atoms with Crippen molar-refractivity contribution in [3.8, 4) is 0 Å². The van der Waals surface area contributed by atoms with Gasteiger partial charge >= 0.3 is 0 Å². The SMILES string of the molecule is NC(c1ccc(F)cc1)N1CCS(=O)(=O)CC1. The maximum atomic E-state index is 12.8. The van der Waals surface area contributed by atoms with Crippen molar-refractivity contribution in [2.75, 3.05) is 24.6 Å². The molecule has 0 saturated carbocycles. The number of rotatable bonds is 2. The summed E-state index contributed by atoms with van der Waals surface area (Å²) in [4.78, 5) is 1.90. The molecule has 1 heterocycles. The number of hydrogen-bond acceptors (Lipinski definition) is 4. The Hall–Kier alpha value is -0.980. The molecule has 0 aromatic heterocycles. The molecule has 1 unspecified atom stereocenters. The Kier molecular flexibility index (Phi) is 3.46. The fourth-order valence-corrected chi connectivity index (χ4v) is 3.10. The van der Waals surface area contributed by atoms with Crippen LogP contribution < -0.4 is 5.73 Å². The van der Waals surface area contributed by atoms with Crippen LogP contribution in [0.2, 0.25) is 0 Å². The highest BCUT2D eigenvalue weighted by molar-refractivity contribution is 7.91. The number of nitrogens with two attached hydrogens (primary N) is 1. The highest BCUT2D eigenvalue weighted by Crippen LogP contribution is 2.18. The first-order valence-electron chi connectivity index (χ1n) is 5.43. The molecule has 0 spiro atoms. The smallest absolute Gasteiger partial charge is 0.152 e. The lowest BCUT2D eigenvalue weighted by Crippen LogP contribution is -2.45. The van der Waals surface area contributed by atoms with Gasteiger partial charge in [0.2, 0.25) is 0 Å². The molecule has 0 amide bonds. The Morgan fingerprint density at radius 1 is 1.18 bits per heavy atom. The van der Waals surface area contributed by atoms with Gasteiger partial charge in [0.15, 0.2) is 9.84 Å². The third-order valence-electron chi connectivity index (χ3n) is 2.98. The second-order valence-corrected chi connectivity index (χ2v) is 6.49. The van der Waals surface area contributed by atoms with Crippen LogP contribution in [-0.4, -0.2) is 37.9 Å². The van der Waals surface area contributed by atoms with Gasteiger partial charge < -0.3 is 5.73 Å². The summed E-state index contributed by atoms with van der Waals surface area (Å²) in [5.41, 5.74) is 6.81. The van der Waals surface area contributed by atoms with Crippen LogP contribution in [0.25, 0.3) is 0 Å². The molecule has 1 aliphatic rings. The summed E-state index contributed by atoms with van der Waals surface area (Å²) in [7, 11) is -2.90. The molecule has 1 saturated heterocycles. The molecule has 0 radical (unpaired) electrons. The molecule has 1 aromatic rings. The van der Waals surface area contributed by atoms with Gasteiger partial charge in [-0.25, -0.2) is 12.8 Å². The summed E-state index contributed by atoms with van der Waals surface area (Å²) in [6, 6.07) is 5.97. The quantitative estimate of drug-likeness (QED) is 0.839. The first kappa shape index (κ1) is 12.5. The molecule has 4 nitrogen and oxygen atoms in total. The van der Waals surface area contributed by atoms with Crippen LogP contribution in [0.5, 0.6) is 0 Å². The molecule has 1 aromatic carbocycles. The zero-order valence-electron chi connectivity index (χ0n) is 9.34. The van der Waals surface area contributed by atoms with Gasteiger partial charge in [0.05, 0.1) is 17.7 Å². The highest BCUT2D eigenvalue weighted by atomic mass is 32.2. The Morgan fingerprint density at radius 3 is 2.24 bits per heavy atom. The van der Waals surface area contributed by atoms with Crippen molar-refractivity contribution in [3.63, 3.8) is 0 Å². The molecule has 2 N–H and O–H groups in total. The van der Waals surface area contributed by atoms with Gasteiger partial charge in [-0.3, -0.25) is 4.90 Å². The van der Waals surface area contributed by atoms with Gasteiger partial charge in [-0.05, 0) is 17.7 Å². The van der Waals surface area contributed by atoms with Crippen molar-refractivity contribution in [3.05, 3.63) is 35.6 Å². The van der Waals surface area contributed by atoms with E-state index in [1.54, 1.807) is 12.1 Å². The first-order valence-corrected chi connectivity index (χ1v) is 7.26. The monoisotopic (exact) mass is 258 g/mol. The van der Waals surface area contributed by atoms with Crippen LogP contribution in [0.1, 0.15) is 11.7 Å². The number of sulfone groups is 1. The Balaban J connectivity index is 2.06. The van der Waals surface area contributed by atoms with Crippen molar-refractivity contribution < 1.29 is 12.8 Å². The first-order chi connectivity index (χ1) is 7.98. The van der Waals surface area contributed by atoms with E-state index in [-0.39, 0.29) is 23.5 Å². The number of benzene rings is 1. The van der Waals surface area contributed by atoms with Crippen LogP contribution in [0.15, 0.2) is 24.3 Å². The minimum Gasteiger partial charge on any atom is -0.312 e. The number of hydrogen-bond donors (Lipinski definition) is 1. The molecule has 6 heteroatoms. The number of halogens is 1. The van der Waals surface area contributed by atoms with E-state index in [0.717, 1.165) is 5.56 Å². The van der Waals surface area contributed by atoms with Crippen LogP contribution in [0.3, 0.4) is 0 Å². The molecular formula is C11H15FN2O2S. The van der Waals surface area contributed by atoms with Gasteiger partial charge in [-0.15, -0.1) is 0 Å². The molecule has 0 aliphatic carbocycles. The van der Waals surface area contributed by atoms with Gasteiger partial charge in [0.25, 0.3) is 0 Å². The molecule has 2 rings (SSSR count). The lowest BCUT2D eigenvalue weighted by Gasteiger charge is -2.32. The van der Waals surface area contributed by atoms with Crippen LogP contribution in [-0.2, 0) is 9.84 Å². The summed E-state index contributed by atoms with van der Waals surface area (Å²) in [6.45, 7) is 0.863. The second-order valence-electron chi connectivity index (χ2n) is 4.18. The Morgan fingerprint density at radius 2 is 1.71 bits per heavy atom. The van der Waals surface area contributed by atoms with Crippen molar-refractivity contribution in [1.29, 1.82) is 0 Å². The summed E-state index contributed by atoms with van der Waals surface area (Å²) < 4.78 is 35.3. The zero-order valence-corrected chi connectivity index (χ0v) is 10.2. The molecule has 17 heavy (non-hydrogen) atoms. The van der Waals surface area contributed by atoms with Gasteiger partial charge in [-0.2, -0.15) is 0 Å². The minimum atomic E-state index is -2.90. The largest absolute Gasteiger partial charge is 0.312 e. The predicted molar refractivity (Wildman–Crippen MR) is 63.6 cm³/mol. The average Bonchev–Trinajstić information content (AvgIpc) is 2.29. The van der Waals surface area contributed by atoms with Gasteiger partial charge in [0.1, 0.15) is 5.82 Å². The van der Waals surface area contributed by atoms with Crippen molar-refractivity contribution in [2.45, 2.75) is 6.17 Å². The lowest BCUT2D eigenvalue weighted by atomic mass is 10.1. The molecule has 1 fully saturated rings. The Bertz CT molecular complexity index is 473. The van der Waals surface area contributed by atoms with E-state index < -0.39 is 9.84 Å². The van der Waals surface area contributed by atoms with E-state index in [9.17, 15) is 12.8 Å². The van der Waals surface area contributed by atoms with E-state index in [4.69, 9.17) is 5.73 Å². The van der Waals surface area contributed by atoms with Crippen LogP contribution >= 0.6 is 0 Å². The van der Waals surface area contributed by atoms with Gasteiger partial charge in [-0.1, -0.05) is 12.1 Å². The van der Waals surface area contributed by atoms with Crippen molar-refractivity contribution in [1.82, 2.24) is 4.90 Å². The van der Waals surface area contributed by atoms with E-state index in [1.165, 1.54) is 12.1 Å². The maximum absolute atomic E-state index is 12.8. The highest BCUT2D eigenvalue weighted by Gasteiger charge is 2.25. The van der Waals surface area contributed by atoms with Crippen molar-refractivity contribution in [2.24, 2.45) is 5.73 Å². The van der Waals surface area contributed by atoms with E-state index in [0.29, 0.717) is 13.1 Å². The van der Waals surface area contributed by atoms with Gasteiger partial charge in [0, 0.05) is 13.1 Å². The normalized spacial score (nSPS) is 22.2. The fourth-order valence-electron chi connectivity index (χ4n) is 1.88. The topological polar surface area (TPSA) is 63.4 Å². The third-order valence-corrected chi connectivity index (χ3v) is 4.59. The standard InChI is InChI=1S/C11H15FN2O2S/c12-10-3-1-9(2-4-10)11(13)14-5-7-17(15,16)8-6-14/h1-4,11H,5-8,13H2. The van der Waals surface area contributed by atoms with Crippen LogP contribution in [0, 0.1) is 5.82 Å². The zero-order chi connectivity index (χ0) is 12.5. The maximum Gasteiger partial charge on any atom is 0.152 e. The molecular weight excluding hydrogens is 243 g/mol. The fraction of sp³-hybridized carbons (Fsp3) is 0.455. The second kappa shape index (κ2) is 4.72. The number of nitrogens with zero attached hydrogens (tertiary/aromatic N) is 1. The Labute approximate surface area is 100 Å². The van der Waals surface area contributed by atoms with E-state index in [1.807, 2.05) is 4.90 Å². The average molecular weight is 258 g/mol. The third kappa shape index (κ3) is 3.02. The van der Waals surface area contributed by atoms with E-state index >= 15 is 0 Å². The lowest BCUT2D eigenvalue weighted by molar-refractivity contribution is 0.218. The molecule has 1 aliphatic heterocycles. The molecule has 0 bridgehead atoms. The summed E-state index contributed by atoms with van der Waals surface area (Å²) in [5.74, 6) is -0.0220. The van der Waals surface area contributed by atoms with Crippen molar-refractivity contribution >= 4 is 9.84 Å². The minimum absolute atomic E-state index is 0.141. The van der Waals surface area contributed by atoms with Crippen LogP contribution in [0.4, 0.5) is 4.39 Å². The summed E-state index contributed by atoms with van der Waals surface area (Å²) in [5, 5.41) is 0. The summed E-state index contributed by atoms with van der Waals surface area (Å²) >= 11 is 0. The predicted octanol–water partition coefficient (Wildman–Crippen LogP) is 0.513. The van der Waals surface area contributed by atoms with E-state index in [2.05, 4.69) is 0 Å². The summed E-state index contributed by atoms with van der Waals surface area (Å²) in [6.07, 6.45) is -0.369.